The van der Waals surface area contributed by atoms with Crippen molar-refractivity contribution in [1.29, 1.82) is 0 Å². The normalized spacial score (nSPS) is 24.1. The number of nitrogens with two attached hydrogens (primary N) is 1. The lowest BCUT2D eigenvalue weighted by Gasteiger charge is -2.17. The Morgan fingerprint density at radius 3 is 2.88 bits per heavy atom. The van der Waals surface area contributed by atoms with Crippen LogP contribution >= 0.6 is 11.6 Å². The quantitative estimate of drug-likeness (QED) is 0.223. The molecule has 1 aliphatic heterocycles. The summed E-state index contributed by atoms with van der Waals surface area (Å²) in [6.45, 7) is 4.00. The number of halogens is 2. The van der Waals surface area contributed by atoms with Gasteiger partial charge in [0.05, 0.1) is 12.0 Å². The van der Waals surface area contributed by atoms with Crippen LogP contribution in [0.15, 0.2) is 47.8 Å². The van der Waals surface area contributed by atoms with Crippen LogP contribution in [-0.2, 0) is 9.47 Å². The second kappa shape index (κ2) is 7.94. The maximum atomic E-state index is 14.2. The van der Waals surface area contributed by atoms with E-state index in [-0.39, 0.29) is 28.4 Å². The number of benzene rings is 1. The molecule has 1 aromatic carbocycles. The van der Waals surface area contributed by atoms with Crippen LogP contribution in [-0.4, -0.2) is 42.7 Å². The topological polar surface area (TPSA) is 133 Å². The van der Waals surface area contributed by atoms with Gasteiger partial charge in [-0.3, -0.25) is 4.57 Å². The molecule has 2 aliphatic rings. The SMILES string of the molecule is CC1(C)C=C1O/C(=N\N)[C@@H]1C[C@@H](O)[C@H](n2cnc3c(Nc4ccc(Cl)cc4F)ncnc32)O1. The summed E-state index contributed by atoms with van der Waals surface area (Å²) >= 11 is 5.82. The number of imidazole rings is 1. The second-order valence-corrected chi connectivity index (χ2v) is 8.85. The van der Waals surface area contributed by atoms with Gasteiger partial charge in [0.1, 0.15) is 30.1 Å². The number of nitrogens with one attached hydrogen (secondary N) is 1. The fourth-order valence-electron chi connectivity index (χ4n) is 3.65. The van der Waals surface area contributed by atoms with E-state index in [2.05, 4.69) is 25.4 Å². The van der Waals surface area contributed by atoms with E-state index in [0.29, 0.717) is 17.0 Å². The minimum absolute atomic E-state index is 0.142. The van der Waals surface area contributed by atoms with Crippen molar-refractivity contribution in [2.45, 2.75) is 38.7 Å². The Morgan fingerprint density at radius 2 is 2.18 bits per heavy atom. The van der Waals surface area contributed by atoms with Crippen molar-refractivity contribution in [1.82, 2.24) is 19.5 Å². The van der Waals surface area contributed by atoms with Crippen LogP contribution in [0.4, 0.5) is 15.9 Å². The smallest absolute Gasteiger partial charge is 0.240 e. The Bertz CT molecular complexity index is 1290. The minimum Gasteiger partial charge on any atom is -0.443 e. The molecule has 0 radical (unpaired) electrons. The van der Waals surface area contributed by atoms with E-state index in [4.69, 9.17) is 26.9 Å². The average Bonchev–Trinajstić information content (AvgIpc) is 3.08. The number of hydrogen-bond acceptors (Lipinski definition) is 9. The molecule has 1 aliphatic carbocycles. The molecule has 1 saturated heterocycles. The van der Waals surface area contributed by atoms with E-state index in [9.17, 15) is 9.50 Å². The molecule has 2 aromatic heterocycles. The second-order valence-electron chi connectivity index (χ2n) is 8.41. The summed E-state index contributed by atoms with van der Waals surface area (Å²) in [5.41, 5.74) is 0.811. The molecule has 4 N–H and O–H groups in total. The maximum Gasteiger partial charge on any atom is 0.240 e. The average molecular weight is 474 g/mol. The molecule has 0 unspecified atom stereocenters. The molecular formula is C21H21ClFN7O3. The first-order chi connectivity index (χ1) is 15.8. The van der Waals surface area contributed by atoms with E-state index >= 15 is 0 Å². The third-order valence-electron chi connectivity index (χ3n) is 5.57. The number of aliphatic hydroxyl groups is 1. The van der Waals surface area contributed by atoms with E-state index < -0.39 is 24.3 Å². The van der Waals surface area contributed by atoms with Gasteiger partial charge in [-0.05, 0) is 38.1 Å². The van der Waals surface area contributed by atoms with Gasteiger partial charge >= 0.3 is 0 Å². The predicted octanol–water partition coefficient (Wildman–Crippen LogP) is 3.22. The molecule has 0 spiro atoms. The van der Waals surface area contributed by atoms with Crippen LogP contribution in [0.2, 0.25) is 5.02 Å². The Morgan fingerprint density at radius 1 is 1.39 bits per heavy atom. The van der Waals surface area contributed by atoms with Gasteiger partial charge in [-0.15, -0.1) is 5.10 Å². The number of allylic oxidation sites excluding steroid dienone is 2. The number of rotatable bonds is 5. The van der Waals surface area contributed by atoms with Crippen molar-refractivity contribution < 1.29 is 19.0 Å². The molecule has 0 bridgehead atoms. The summed E-state index contributed by atoms with van der Waals surface area (Å²) in [4.78, 5) is 12.8. The van der Waals surface area contributed by atoms with Crippen LogP contribution in [0.1, 0.15) is 26.5 Å². The highest BCUT2D eigenvalue weighted by Gasteiger charge is 2.43. The fourth-order valence-corrected chi connectivity index (χ4v) is 3.81. The van der Waals surface area contributed by atoms with Crippen molar-refractivity contribution >= 4 is 40.2 Å². The summed E-state index contributed by atoms with van der Waals surface area (Å²) in [6.07, 6.45) is 2.61. The van der Waals surface area contributed by atoms with Crippen molar-refractivity contribution in [2.75, 3.05) is 5.32 Å². The third kappa shape index (κ3) is 3.99. The van der Waals surface area contributed by atoms with Gasteiger partial charge in [0.2, 0.25) is 5.90 Å². The first-order valence-corrected chi connectivity index (χ1v) is 10.6. The fraction of sp³-hybridized carbons (Fsp3) is 0.333. The zero-order valence-electron chi connectivity index (χ0n) is 17.7. The third-order valence-corrected chi connectivity index (χ3v) is 5.80. The molecule has 5 rings (SSSR count). The highest BCUT2D eigenvalue weighted by molar-refractivity contribution is 6.30. The number of anilines is 2. The summed E-state index contributed by atoms with van der Waals surface area (Å²) in [5.74, 6) is 6.21. The van der Waals surface area contributed by atoms with Gasteiger partial charge in [0.15, 0.2) is 23.2 Å². The number of hydrogen-bond donors (Lipinski definition) is 3. The van der Waals surface area contributed by atoms with Gasteiger partial charge < -0.3 is 25.7 Å². The van der Waals surface area contributed by atoms with Gasteiger partial charge in [0, 0.05) is 16.9 Å². The summed E-state index contributed by atoms with van der Waals surface area (Å²) < 4.78 is 27.6. The summed E-state index contributed by atoms with van der Waals surface area (Å²) in [7, 11) is 0. The number of nitrogens with zero attached hydrogens (tertiary/aromatic N) is 5. The summed E-state index contributed by atoms with van der Waals surface area (Å²) in [6, 6.07) is 4.26. The number of ether oxygens (including phenoxy) is 2. The van der Waals surface area contributed by atoms with Crippen molar-refractivity contribution in [3.63, 3.8) is 0 Å². The molecule has 12 heteroatoms. The van der Waals surface area contributed by atoms with E-state index in [1.54, 1.807) is 10.6 Å². The van der Waals surface area contributed by atoms with Crippen molar-refractivity contribution in [3.05, 3.63) is 53.5 Å². The highest BCUT2D eigenvalue weighted by atomic mass is 35.5. The Hall–Kier alpha value is -3.28. The molecule has 0 saturated carbocycles. The first kappa shape index (κ1) is 21.6. The van der Waals surface area contributed by atoms with Crippen LogP contribution in [0, 0.1) is 11.2 Å². The maximum absolute atomic E-state index is 14.2. The number of aromatic nitrogens is 4. The molecule has 3 heterocycles. The number of aliphatic hydroxyl groups excluding tert-OH is 1. The monoisotopic (exact) mass is 473 g/mol. The zero-order valence-corrected chi connectivity index (χ0v) is 18.5. The minimum atomic E-state index is -0.894. The van der Waals surface area contributed by atoms with Crippen LogP contribution in [0.25, 0.3) is 11.2 Å². The molecule has 1 fully saturated rings. The predicted molar refractivity (Wildman–Crippen MR) is 119 cm³/mol. The van der Waals surface area contributed by atoms with Gasteiger partial charge in [-0.2, -0.15) is 0 Å². The summed E-state index contributed by atoms with van der Waals surface area (Å²) in [5, 5.41) is 17.6. The van der Waals surface area contributed by atoms with E-state index in [1.165, 1.54) is 24.8 Å². The molecule has 3 atom stereocenters. The number of fused-ring (bicyclic) bond motifs is 1. The standard InChI is InChI=1S/C21H21ClFN7O3/c1-21(2)7-15(21)33-19(29-24)14-6-13(31)20(32-14)30-9-27-16-17(25-8-26-18(16)30)28-12-4-3-10(22)5-11(12)23/h3-5,7-9,13-14,20,31H,6,24H2,1-2H3,(H,25,26,28)/b29-19-/t13-,14+,20-/m1/s1. The number of hydrazone groups is 1. The highest BCUT2D eigenvalue weighted by Crippen LogP contribution is 2.44. The zero-order chi connectivity index (χ0) is 23.3. The first-order valence-electron chi connectivity index (χ1n) is 10.2. The Balaban J connectivity index is 1.39. The van der Waals surface area contributed by atoms with Crippen LogP contribution in [0.5, 0.6) is 0 Å². The van der Waals surface area contributed by atoms with Crippen molar-refractivity contribution in [2.24, 2.45) is 16.4 Å². The Kier molecular flexibility index (Phi) is 5.19. The lowest BCUT2D eigenvalue weighted by molar-refractivity contribution is -0.0222. The van der Waals surface area contributed by atoms with Gasteiger partial charge in [-0.1, -0.05) is 11.6 Å². The molecule has 10 nitrogen and oxygen atoms in total. The van der Waals surface area contributed by atoms with Crippen LogP contribution < -0.4 is 11.2 Å². The molecular weight excluding hydrogens is 453 g/mol. The van der Waals surface area contributed by atoms with Crippen molar-refractivity contribution in [3.8, 4) is 0 Å². The van der Waals surface area contributed by atoms with E-state index in [0.717, 1.165) is 5.76 Å². The lowest BCUT2D eigenvalue weighted by atomic mass is 10.1. The van der Waals surface area contributed by atoms with Crippen LogP contribution in [0.3, 0.4) is 0 Å². The Labute approximate surface area is 192 Å². The molecule has 0 amide bonds. The lowest BCUT2D eigenvalue weighted by Crippen LogP contribution is -2.24. The molecule has 33 heavy (non-hydrogen) atoms. The van der Waals surface area contributed by atoms with Gasteiger partial charge in [-0.25, -0.2) is 19.3 Å². The molecule has 3 aromatic rings. The largest absolute Gasteiger partial charge is 0.443 e. The molecule has 172 valence electrons. The van der Waals surface area contributed by atoms with Gasteiger partial charge in [0.25, 0.3) is 0 Å². The van der Waals surface area contributed by atoms with E-state index in [1.807, 2.05) is 19.9 Å².